The zero-order valence-corrected chi connectivity index (χ0v) is 71.0. The van der Waals surface area contributed by atoms with Gasteiger partial charge in [-0.2, -0.15) is 0 Å². The topological polar surface area (TPSA) is 190 Å². The molecule has 120 heavy (non-hydrogen) atoms. The van der Waals surface area contributed by atoms with Gasteiger partial charge in [0, 0.05) is 120 Å². The number of piperidine rings is 12. The van der Waals surface area contributed by atoms with E-state index in [0.717, 1.165) is 188 Å². The molecular weight excluding hydrogens is 1500 g/mol. The standard InChI is InChI=1S/2C50H58N6O4/c2*1-5-31-27-55-21-17-33(31)23-47(55)43(37-15-19-51-45-13-11-35(57-3)25-41(37)45)29-59-49-39-9-7-8-10-40(39)50(54-53-49)60-30-44(48-24-34-18-22-56(48)28-32(34)6-2)38-16-20-52-46-14-12-36(58-4)26-42(38)46/h2*7-16,19-20,25-26,31-34,43-44,47-48H,5-6,17-18,21-24,27-30H2,1-4H3/t31?,32?,33-,34?,43+,44+,47-,48-;31?,32?,33-,34?,43-,44-,47+,48+/m11/s1. The lowest BCUT2D eigenvalue weighted by atomic mass is 9.70. The Labute approximate surface area is 705 Å². The molecule has 24 rings (SSSR count). The SMILES string of the molecule is CCC1CN2CCC1C[C@@H]2[C@@H](COc1nnc(OC[C@@H](c2ccnc3ccc(OC)cc23)[C@H]2C[C@H]3CCN2CC3CC)c2ccccc12)c1ccnc2ccc(OC)cc12.CCC1CN2CCC1C[C@H]2[C@H](COc1nnc(OC[C@H](c2ccnc3ccc(OC)cc23)[C@@H]2C[C@H]3CCN2CC3CC)c2ccccc12)c1ccnc2ccc(OC)cc12. The van der Waals surface area contributed by atoms with Gasteiger partial charge in [0.2, 0.25) is 23.5 Å². The van der Waals surface area contributed by atoms with Gasteiger partial charge in [0.25, 0.3) is 0 Å². The Bertz CT molecular complexity index is 4960. The molecule has 0 saturated carbocycles. The number of fused-ring (bicyclic) bond motifs is 18. The van der Waals surface area contributed by atoms with Gasteiger partial charge in [0.05, 0.1) is 98.5 Å². The number of hydrogen-bond donors (Lipinski definition) is 0. The first-order valence-electron chi connectivity index (χ1n) is 44.7. The first kappa shape index (κ1) is 79.7. The van der Waals surface area contributed by atoms with Gasteiger partial charge in [-0.25, -0.2) is 0 Å². The van der Waals surface area contributed by atoms with Crippen molar-refractivity contribution in [1.29, 1.82) is 0 Å². The molecule has 20 nitrogen and oxygen atoms in total. The molecule has 20 atom stereocenters. The summed E-state index contributed by atoms with van der Waals surface area (Å²) in [6.07, 6.45) is 22.5. The lowest BCUT2D eigenvalue weighted by molar-refractivity contribution is -0.0177. The molecule has 624 valence electrons. The minimum absolute atomic E-state index is 0.0994. The van der Waals surface area contributed by atoms with Crippen LogP contribution in [0, 0.1) is 47.3 Å². The number of aromatic nitrogens is 8. The van der Waals surface area contributed by atoms with E-state index >= 15 is 0 Å². The van der Waals surface area contributed by atoms with Gasteiger partial charge >= 0.3 is 0 Å². The summed E-state index contributed by atoms with van der Waals surface area (Å²) in [4.78, 5) is 29.9. The lowest BCUT2D eigenvalue weighted by Crippen LogP contribution is -2.55. The van der Waals surface area contributed by atoms with Crippen molar-refractivity contribution in [1.82, 2.24) is 59.9 Å². The molecule has 12 saturated heterocycles. The number of nitrogens with zero attached hydrogens (tertiary/aromatic N) is 12. The van der Waals surface area contributed by atoms with E-state index in [1.165, 1.54) is 99.3 Å². The van der Waals surface area contributed by atoms with Crippen LogP contribution in [0.15, 0.2) is 170 Å². The number of benzene rings is 6. The first-order chi connectivity index (χ1) is 59.1. The molecule has 10 unspecified atom stereocenters. The van der Waals surface area contributed by atoms with Crippen molar-refractivity contribution in [3.8, 4) is 46.5 Å². The van der Waals surface area contributed by atoms with E-state index < -0.39 is 0 Å². The van der Waals surface area contributed by atoms with Crippen LogP contribution in [0.2, 0.25) is 0 Å². The maximum atomic E-state index is 6.89. The Morgan fingerprint density at radius 1 is 0.300 bits per heavy atom. The predicted molar refractivity (Wildman–Crippen MR) is 473 cm³/mol. The van der Waals surface area contributed by atoms with E-state index in [-0.39, 0.29) is 23.7 Å². The van der Waals surface area contributed by atoms with Crippen LogP contribution in [0.25, 0.3) is 65.2 Å². The number of hydrogen-bond acceptors (Lipinski definition) is 20. The van der Waals surface area contributed by atoms with Gasteiger partial charge in [-0.1, -0.05) is 77.6 Å². The second kappa shape index (κ2) is 35.1. The van der Waals surface area contributed by atoms with E-state index in [1.807, 2.05) is 73.3 Å². The van der Waals surface area contributed by atoms with Gasteiger partial charge in [-0.05, 0) is 268 Å². The van der Waals surface area contributed by atoms with Gasteiger partial charge in [-0.15, -0.1) is 20.4 Å². The molecule has 12 aromatic rings. The highest BCUT2D eigenvalue weighted by Gasteiger charge is 2.48. The van der Waals surface area contributed by atoms with Gasteiger partial charge in [0.1, 0.15) is 23.0 Å². The van der Waals surface area contributed by atoms with Gasteiger partial charge in [0.15, 0.2) is 0 Å². The molecule has 6 aromatic heterocycles. The Balaban J connectivity index is 0.000000159. The van der Waals surface area contributed by atoms with Crippen LogP contribution in [-0.2, 0) is 0 Å². The van der Waals surface area contributed by atoms with Crippen LogP contribution in [0.1, 0.15) is 151 Å². The van der Waals surface area contributed by atoms with Crippen LogP contribution in [-0.4, -0.2) is 191 Å². The van der Waals surface area contributed by atoms with Gasteiger partial charge < -0.3 is 37.9 Å². The summed E-state index contributed by atoms with van der Waals surface area (Å²) in [5.41, 5.74) is 8.83. The maximum Gasteiger partial charge on any atom is 0.241 e. The number of rotatable bonds is 28. The third-order valence-electron chi connectivity index (χ3n) is 30.1. The molecule has 0 aliphatic carbocycles. The minimum atomic E-state index is 0.0994. The molecule has 0 N–H and O–H groups in total. The normalized spacial score (nSPS) is 26.9. The molecular formula is C100H116N12O8. The van der Waals surface area contributed by atoms with Crippen molar-refractivity contribution in [2.75, 3.05) is 107 Å². The van der Waals surface area contributed by atoms with Gasteiger partial charge in [-0.3, -0.25) is 39.5 Å². The zero-order valence-electron chi connectivity index (χ0n) is 71.0. The number of pyridine rings is 4. The van der Waals surface area contributed by atoms with Crippen LogP contribution in [0.4, 0.5) is 0 Å². The number of methoxy groups -OCH3 is 4. The highest BCUT2D eigenvalue weighted by atomic mass is 16.5. The van der Waals surface area contributed by atoms with E-state index in [4.69, 9.17) is 78.2 Å². The van der Waals surface area contributed by atoms with Crippen LogP contribution >= 0.6 is 0 Å². The Morgan fingerprint density at radius 2 is 0.533 bits per heavy atom. The highest BCUT2D eigenvalue weighted by molar-refractivity contribution is 5.92. The summed E-state index contributed by atoms with van der Waals surface area (Å²) in [6.45, 7) is 20.4. The molecule has 18 heterocycles. The van der Waals surface area contributed by atoms with Crippen LogP contribution in [0.5, 0.6) is 46.5 Å². The zero-order chi connectivity index (χ0) is 81.5. The fourth-order valence-electron chi connectivity index (χ4n) is 23.5. The monoisotopic (exact) mass is 1610 g/mol. The van der Waals surface area contributed by atoms with Crippen molar-refractivity contribution in [2.24, 2.45) is 47.3 Å². The minimum Gasteiger partial charge on any atom is -0.497 e. The first-order valence-corrected chi connectivity index (χ1v) is 44.7. The molecule has 0 radical (unpaired) electrons. The smallest absolute Gasteiger partial charge is 0.241 e. The molecule has 12 fully saturated rings. The van der Waals surface area contributed by atoms with Crippen molar-refractivity contribution >= 4 is 65.2 Å². The second-order valence-electron chi connectivity index (χ2n) is 35.6. The highest BCUT2D eigenvalue weighted by Crippen LogP contribution is 2.51. The summed E-state index contributed by atoms with van der Waals surface area (Å²) < 4.78 is 50.4. The van der Waals surface area contributed by atoms with Crippen molar-refractivity contribution in [3.05, 3.63) is 193 Å². The van der Waals surface area contributed by atoms with E-state index in [2.05, 4.69) is 144 Å². The Kier molecular flexibility index (Phi) is 23.3. The van der Waals surface area contributed by atoms with E-state index in [1.54, 1.807) is 28.4 Å². The maximum absolute atomic E-state index is 6.89. The predicted octanol–water partition coefficient (Wildman–Crippen LogP) is 18.6. The largest absolute Gasteiger partial charge is 0.497 e. The molecule has 20 heteroatoms. The average Bonchev–Trinajstić information content (AvgIpc) is 0.770. The Hall–Kier alpha value is -10.1. The Morgan fingerprint density at radius 3 is 0.733 bits per heavy atom. The quantitative estimate of drug-likeness (QED) is 0.0449. The van der Waals surface area contributed by atoms with Crippen LogP contribution in [0.3, 0.4) is 0 Å². The second-order valence-corrected chi connectivity index (χ2v) is 35.6. The molecule has 8 bridgehead atoms. The molecule has 12 aliphatic heterocycles. The summed E-state index contributed by atoms with van der Waals surface area (Å²) in [5.74, 6) is 11.8. The van der Waals surface area contributed by atoms with Crippen molar-refractivity contribution in [2.45, 2.75) is 153 Å². The number of ether oxygens (including phenoxy) is 8. The molecule has 0 amide bonds. The van der Waals surface area contributed by atoms with Crippen LogP contribution < -0.4 is 37.9 Å². The summed E-state index contributed by atoms with van der Waals surface area (Å²) in [5, 5.41) is 27.3. The molecule has 6 aromatic carbocycles. The van der Waals surface area contributed by atoms with Crippen molar-refractivity contribution < 1.29 is 37.9 Å². The lowest BCUT2D eigenvalue weighted by Gasteiger charge is -2.52. The summed E-state index contributed by atoms with van der Waals surface area (Å²) >= 11 is 0. The van der Waals surface area contributed by atoms with E-state index in [0.29, 0.717) is 74.1 Å². The summed E-state index contributed by atoms with van der Waals surface area (Å²) in [7, 11) is 6.90. The fourth-order valence-corrected chi connectivity index (χ4v) is 23.5. The molecule has 12 aliphatic rings. The van der Waals surface area contributed by atoms with E-state index in [9.17, 15) is 0 Å². The third kappa shape index (κ3) is 15.5. The third-order valence-corrected chi connectivity index (χ3v) is 30.1. The fraction of sp³-hybridized carbons (Fsp3) is 0.480. The van der Waals surface area contributed by atoms with Crippen molar-refractivity contribution in [3.63, 3.8) is 0 Å². The summed E-state index contributed by atoms with van der Waals surface area (Å²) in [6, 6.07) is 51.4. The average molecular weight is 1610 g/mol. The molecule has 0 spiro atoms.